The lowest BCUT2D eigenvalue weighted by Gasteiger charge is -2.11. The Bertz CT molecular complexity index is 669. The quantitative estimate of drug-likeness (QED) is 0.617. The van der Waals surface area contributed by atoms with E-state index in [0.717, 1.165) is 16.5 Å². The fraction of sp³-hybridized carbons (Fsp3) is 0.375. The van der Waals surface area contributed by atoms with Gasteiger partial charge in [-0.2, -0.15) is 0 Å². The van der Waals surface area contributed by atoms with Crippen molar-refractivity contribution in [2.75, 3.05) is 5.75 Å². The molecule has 1 heterocycles. The first-order chi connectivity index (χ1) is 10.7. The Hall–Kier alpha value is -1.30. The zero-order chi connectivity index (χ0) is 15.5. The molecule has 116 valence electrons. The fourth-order valence-corrected chi connectivity index (χ4v) is 3.44. The van der Waals surface area contributed by atoms with Gasteiger partial charge in [0.15, 0.2) is 5.16 Å². The van der Waals surface area contributed by atoms with Crippen LogP contribution in [0.3, 0.4) is 0 Å². The van der Waals surface area contributed by atoms with Crippen molar-refractivity contribution < 1.29 is 5.11 Å². The number of allylic oxidation sites excluding steroid dienone is 1. The van der Waals surface area contributed by atoms with Gasteiger partial charge in [0.1, 0.15) is 5.82 Å². The number of rotatable bonds is 7. The molecule has 1 aromatic heterocycles. The molecule has 1 aromatic carbocycles. The van der Waals surface area contributed by atoms with Gasteiger partial charge < -0.3 is 9.67 Å². The molecular formula is C16H18ClN3OS. The van der Waals surface area contributed by atoms with Gasteiger partial charge in [-0.1, -0.05) is 41.6 Å². The van der Waals surface area contributed by atoms with E-state index < -0.39 is 6.10 Å². The topological polar surface area (TPSA) is 50.9 Å². The third-order valence-corrected chi connectivity index (χ3v) is 4.88. The number of benzene rings is 1. The van der Waals surface area contributed by atoms with Gasteiger partial charge in [-0.15, -0.1) is 16.8 Å². The average Bonchev–Trinajstić information content (AvgIpc) is 3.28. The molecule has 1 unspecified atom stereocenters. The Morgan fingerprint density at radius 1 is 1.45 bits per heavy atom. The second kappa shape index (κ2) is 6.86. The number of hydrogen-bond acceptors (Lipinski definition) is 4. The minimum Gasteiger partial charge on any atom is -0.388 e. The fourth-order valence-electron chi connectivity index (χ4n) is 2.31. The maximum atomic E-state index is 10.3. The first kappa shape index (κ1) is 15.6. The molecule has 1 atom stereocenters. The molecule has 1 N–H and O–H groups in total. The molecule has 6 heteroatoms. The van der Waals surface area contributed by atoms with Crippen LogP contribution in [0.15, 0.2) is 42.1 Å². The maximum absolute atomic E-state index is 10.3. The van der Waals surface area contributed by atoms with Gasteiger partial charge in [0.2, 0.25) is 0 Å². The molecule has 0 saturated heterocycles. The minimum atomic E-state index is -0.582. The van der Waals surface area contributed by atoms with E-state index >= 15 is 0 Å². The summed E-state index contributed by atoms with van der Waals surface area (Å²) < 4.78 is 2.10. The van der Waals surface area contributed by atoms with Crippen LogP contribution in [0.2, 0.25) is 5.02 Å². The van der Waals surface area contributed by atoms with E-state index in [9.17, 15) is 5.11 Å². The van der Waals surface area contributed by atoms with E-state index in [0.29, 0.717) is 23.2 Å². The van der Waals surface area contributed by atoms with Crippen LogP contribution in [-0.4, -0.2) is 25.6 Å². The molecule has 1 aliphatic carbocycles. The lowest BCUT2D eigenvalue weighted by atomic mass is 10.1. The van der Waals surface area contributed by atoms with E-state index in [-0.39, 0.29) is 0 Å². The Kier molecular flexibility index (Phi) is 4.86. The maximum Gasteiger partial charge on any atom is 0.191 e. The summed E-state index contributed by atoms with van der Waals surface area (Å²) in [6.45, 7) is 4.50. The van der Waals surface area contributed by atoms with Crippen molar-refractivity contribution in [1.82, 2.24) is 14.8 Å². The van der Waals surface area contributed by atoms with Crippen LogP contribution in [0.1, 0.15) is 36.3 Å². The normalized spacial score (nSPS) is 15.7. The van der Waals surface area contributed by atoms with Crippen LogP contribution < -0.4 is 0 Å². The molecule has 0 bridgehead atoms. The van der Waals surface area contributed by atoms with Crippen LogP contribution in [-0.2, 0) is 6.54 Å². The average molecular weight is 336 g/mol. The van der Waals surface area contributed by atoms with Gasteiger partial charge in [-0.25, -0.2) is 0 Å². The van der Waals surface area contributed by atoms with E-state index in [1.165, 1.54) is 24.6 Å². The summed E-state index contributed by atoms with van der Waals surface area (Å²) in [6, 6.07) is 7.31. The second-order valence-electron chi connectivity index (χ2n) is 5.40. The third-order valence-electron chi connectivity index (χ3n) is 3.60. The Balaban J connectivity index is 1.69. The van der Waals surface area contributed by atoms with Gasteiger partial charge >= 0.3 is 0 Å². The van der Waals surface area contributed by atoms with Crippen LogP contribution in [0.25, 0.3) is 0 Å². The van der Waals surface area contributed by atoms with Gasteiger partial charge in [-0.3, -0.25) is 0 Å². The lowest BCUT2D eigenvalue weighted by molar-refractivity contribution is 0.204. The zero-order valence-electron chi connectivity index (χ0n) is 12.2. The van der Waals surface area contributed by atoms with Crippen molar-refractivity contribution in [2.45, 2.75) is 36.6 Å². The standard InChI is InChI=1S/C16H18ClN3OS/c1-2-8-20-15(11-6-7-11)18-19-16(20)22-10-14(21)12-4-3-5-13(17)9-12/h2-5,9,11,14,21H,1,6-8,10H2. The summed E-state index contributed by atoms with van der Waals surface area (Å²) in [7, 11) is 0. The van der Waals surface area contributed by atoms with E-state index in [2.05, 4.69) is 21.3 Å². The van der Waals surface area contributed by atoms with Crippen molar-refractivity contribution in [3.8, 4) is 0 Å². The van der Waals surface area contributed by atoms with Crippen molar-refractivity contribution in [1.29, 1.82) is 0 Å². The Morgan fingerprint density at radius 2 is 2.27 bits per heavy atom. The molecule has 22 heavy (non-hydrogen) atoms. The molecule has 0 radical (unpaired) electrons. The monoisotopic (exact) mass is 335 g/mol. The van der Waals surface area contributed by atoms with Crippen LogP contribution in [0.4, 0.5) is 0 Å². The van der Waals surface area contributed by atoms with E-state index in [4.69, 9.17) is 11.6 Å². The van der Waals surface area contributed by atoms with Gasteiger partial charge in [-0.05, 0) is 30.5 Å². The molecule has 0 amide bonds. The van der Waals surface area contributed by atoms with Crippen molar-refractivity contribution >= 4 is 23.4 Å². The van der Waals surface area contributed by atoms with E-state index in [1.807, 2.05) is 18.2 Å². The predicted octanol–water partition coefficient (Wildman–Crippen LogP) is 3.82. The highest BCUT2D eigenvalue weighted by atomic mass is 35.5. The first-order valence-electron chi connectivity index (χ1n) is 7.29. The number of aliphatic hydroxyl groups is 1. The minimum absolute atomic E-state index is 0.514. The predicted molar refractivity (Wildman–Crippen MR) is 89.3 cm³/mol. The molecule has 4 nitrogen and oxygen atoms in total. The molecule has 1 saturated carbocycles. The van der Waals surface area contributed by atoms with Crippen molar-refractivity contribution in [3.63, 3.8) is 0 Å². The van der Waals surface area contributed by atoms with Gasteiger partial charge in [0.05, 0.1) is 6.10 Å². The number of aliphatic hydroxyl groups excluding tert-OH is 1. The highest BCUT2D eigenvalue weighted by Crippen LogP contribution is 2.40. The summed E-state index contributed by atoms with van der Waals surface area (Å²) in [5.41, 5.74) is 0.817. The molecule has 1 aliphatic rings. The van der Waals surface area contributed by atoms with Crippen LogP contribution in [0.5, 0.6) is 0 Å². The summed E-state index contributed by atoms with van der Waals surface area (Å²) in [4.78, 5) is 0. The molecule has 0 aliphatic heterocycles. The number of halogens is 1. The number of aromatic nitrogens is 3. The third kappa shape index (κ3) is 3.54. The zero-order valence-corrected chi connectivity index (χ0v) is 13.7. The van der Waals surface area contributed by atoms with Gasteiger partial charge in [0, 0.05) is 23.2 Å². The van der Waals surface area contributed by atoms with Crippen molar-refractivity contribution in [2.24, 2.45) is 0 Å². The number of hydrogen-bond donors (Lipinski definition) is 1. The summed E-state index contributed by atoms with van der Waals surface area (Å²) in [5.74, 6) is 2.10. The Labute approximate surface area is 139 Å². The van der Waals surface area contributed by atoms with E-state index in [1.54, 1.807) is 12.1 Å². The molecular weight excluding hydrogens is 318 g/mol. The highest BCUT2D eigenvalue weighted by molar-refractivity contribution is 7.99. The molecule has 3 rings (SSSR count). The first-order valence-corrected chi connectivity index (χ1v) is 8.65. The summed E-state index contributed by atoms with van der Waals surface area (Å²) in [5, 5.41) is 20.3. The van der Waals surface area contributed by atoms with Crippen molar-refractivity contribution in [3.05, 3.63) is 53.3 Å². The summed E-state index contributed by atoms with van der Waals surface area (Å²) >= 11 is 7.47. The molecule has 2 aromatic rings. The SMILES string of the molecule is C=CCn1c(SCC(O)c2cccc(Cl)c2)nnc1C1CC1. The Morgan fingerprint density at radius 3 is 2.95 bits per heavy atom. The smallest absolute Gasteiger partial charge is 0.191 e. The highest BCUT2D eigenvalue weighted by Gasteiger charge is 2.30. The van der Waals surface area contributed by atoms with Crippen LogP contribution in [0, 0.1) is 0 Å². The number of thioether (sulfide) groups is 1. The largest absolute Gasteiger partial charge is 0.388 e. The van der Waals surface area contributed by atoms with Crippen LogP contribution >= 0.6 is 23.4 Å². The molecule has 1 fully saturated rings. The molecule has 0 spiro atoms. The van der Waals surface area contributed by atoms with Gasteiger partial charge in [0.25, 0.3) is 0 Å². The second-order valence-corrected chi connectivity index (χ2v) is 6.82. The lowest BCUT2D eigenvalue weighted by Crippen LogP contribution is -2.05. The summed E-state index contributed by atoms with van der Waals surface area (Å²) in [6.07, 6.45) is 3.64. The number of nitrogens with zero attached hydrogens (tertiary/aromatic N) is 3.